The minimum absolute atomic E-state index is 0.147. The van der Waals surface area contributed by atoms with E-state index in [1.165, 1.54) is 12.1 Å². The van der Waals surface area contributed by atoms with E-state index < -0.39 is 11.9 Å². The van der Waals surface area contributed by atoms with Crippen LogP contribution in [0.15, 0.2) is 54.6 Å². The van der Waals surface area contributed by atoms with Crippen molar-refractivity contribution in [2.45, 2.75) is 6.42 Å². The first-order valence-electron chi connectivity index (χ1n) is 6.75. The predicted molar refractivity (Wildman–Crippen MR) is 84.5 cm³/mol. The smallest absolute Gasteiger partial charge is 0.307 e. The van der Waals surface area contributed by atoms with E-state index in [4.69, 9.17) is 0 Å². The summed E-state index contributed by atoms with van der Waals surface area (Å²) in [4.78, 5) is 23.3. The molecule has 0 heterocycles. The molecular weight excluding hydrogens is 303 g/mol. The largest absolute Gasteiger partial charge is 0.481 e. The Kier molecular flexibility index (Phi) is 5.72. The van der Waals surface area contributed by atoms with Crippen molar-refractivity contribution in [3.05, 3.63) is 71.5 Å². The average molecular weight is 318 g/mol. The summed E-state index contributed by atoms with van der Waals surface area (Å²) < 4.78 is 12.9. The Morgan fingerprint density at radius 1 is 1.05 bits per heavy atom. The summed E-state index contributed by atoms with van der Waals surface area (Å²) in [5.74, 6) is -1.83. The van der Waals surface area contributed by atoms with Gasteiger partial charge in [0.2, 0.25) is 5.12 Å². The SMILES string of the molecule is O=C(SCC(Cc1ccc(F)cc1)C(=O)O)c1ccccc1. The normalized spacial score (nSPS) is 11.9. The van der Waals surface area contributed by atoms with E-state index in [2.05, 4.69) is 0 Å². The van der Waals surface area contributed by atoms with Gasteiger partial charge in [0.25, 0.3) is 0 Å². The number of carboxylic acids is 1. The van der Waals surface area contributed by atoms with Crippen molar-refractivity contribution in [3.8, 4) is 0 Å². The quantitative estimate of drug-likeness (QED) is 0.883. The van der Waals surface area contributed by atoms with Gasteiger partial charge in [0, 0.05) is 11.3 Å². The molecule has 2 rings (SSSR count). The van der Waals surface area contributed by atoms with E-state index in [1.54, 1.807) is 36.4 Å². The topological polar surface area (TPSA) is 54.4 Å². The summed E-state index contributed by atoms with van der Waals surface area (Å²) in [6.45, 7) is 0. The standard InChI is InChI=1S/C17H15FO3S/c18-15-8-6-12(7-9-15)10-14(16(19)20)11-22-17(21)13-4-2-1-3-5-13/h1-9,14H,10-11H2,(H,19,20). The number of carbonyl (C=O) groups excluding carboxylic acids is 1. The fourth-order valence-corrected chi connectivity index (χ4v) is 2.87. The van der Waals surface area contributed by atoms with Crippen molar-refractivity contribution in [1.29, 1.82) is 0 Å². The fraction of sp³-hybridized carbons (Fsp3) is 0.176. The number of carbonyl (C=O) groups is 2. The van der Waals surface area contributed by atoms with E-state index in [0.29, 0.717) is 5.56 Å². The van der Waals surface area contributed by atoms with Crippen molar-refractivity contribution in [3.63, 3.8) is 0 Å². The maximum absolute atomic E-state index is 12.9. The number of hydrogen-bond donors (Lipinski definition) is 1. The lowest BCUT2D eigenvalue weighted by Gasteiger charge is -2.11. The van der Waals surface area contributed by atoms with Crippen LogP contribution in [0, 0.1) is 11.7 Å². The van der Waals surface area contributed by atoms with Gasteiger partial charge in [-0.3, -0.25) is 9.59 Å². The van der Waals surface area contributed by atoms with Gasteiger partial charge in [0.1, 0.15) is 5.82 Å². The lowest BCUT2D eigenvalue weighted by Crippen LogP contribution is -2.20. The molecule has 0 fully saturated rings. The Morgan fingerprint density at radius 3 is 2.27 bits per heavy atom. The zero-order valence-electron chi connectivity index (χ0n) is 11.7. The second-order valence-corrected chi connectivity index (χ2v) is 5.82. The number of hydrogen-bond acceptors (Lipinski definition) is 3. The Bertz CT molecular complexity index is 641. The molecule has 0 aliphatic carbocycles. The molecule has 0 aliphatic heterocycles. The molecule has 0 radical (unpaired) electrons. The molecule has 0 aromatic heterocycles. The Labute approximate surface area is 132 Å². The van der Waals surface area contributed by atoms with Gasteiger partial charge in [-0.2, -0.15) is 0 Å². The monoisotopic (exact) mass is 318 g/mol. The predicted octanol–water partition coefficient (Wildman–Crippen LogP) is 3.64. The van der Waals surface area contributed by atoms with E-state index in [0.717, 1.165) is 17.3 Å². The van der Waals surface area contributed by atoms with E-state index in [9.17, 15) is 19.1 Å². The zero-order chi connectivity index (χ0) is 15.9. The van der Waals surface area contributed by atoms with Gasteiger partial charge in [-0.15, -0.1) is 0 Å². The first-order valence-corrected chi connectivity index (χ1v) is 7.74. The van der Waals surface area contributed by atoms with Crippen LogP contribution in [-0.4, -0.2) is 21.9 Å². The third kappa shape index (κ3) is 4.70. The number of halogens is 1. The van der Waals surface area contributed by atoms with Gasteiger partial charge < -0.3 is 5.11 Å². The van der Waals surface area contributed by atoms with Gasteiger partial charge in [-0.05, 0) is 24.1 Å². The van der Waals surface area contributed by atoms with Gasteiger partial charge >= 0.3 is 5.97 Å². The van der Waals surface area contributed by atoms with Crippen LogP contribution < -0.4 is 0 Å². The number of rotatable bonds is 6. The molecule has 1 unspecified atom stereocenters. The van der Waals surface area contributed by atoms with Gasteiger partial charge in [-0.25, -0.2) is 4.39 Å². The number of carboxylic acid groups (broad SMARTS) is 1. The maximum Gasteiger partial charge on any atom is 0.307 e. The molecule has 1 atom stereocenters. The van der Waals surface area contributed by atoms with Gasteiger partial charge in [0.05, 0.1) is 5.92 Å². The fourth-order valence-electron chi connectivity index (χ4n) is 1.96. The molecule has 114 valence electrons. The zero-order valence-corrected chi connectivity index (χ0v) is 12.6. The Hall–Kier alpha value is -2.14. The van der Waals surface area contributed by atoms with Crippen molar-refractivity contribution in [1.82, 2.24) is 0 Å². The molecular formula is C17H15FO3S. The summed E-state index contributed by atoms with van der Waals surface area (Å²) in [5, 5.41) is 9.13. The molecule has 0 saturated carbocycles. The molecule has 0 aliphatic rings. The van der Waals surface area contributed by atoms with Crippen LogP contribution in [0.1, 0.15) is 15.9 Å². The summed E-state index contributed by atoms with van der Waals surface area (Å²) in [6.07, 6.45) is 0.269. The highest BCUT2D eigenvalue weighted by Crippen LogP contribution is 2.19. The Balaban J connectivity index is 1.96. The lowest BCUT2D eigenvalue weighted by atomic mass is 10.0. The first-order chi connectivity index (χ1) is 10.6. The second kappa shape index (κ2) is 7.75. The molecule has 3 nitrogen and oxygen atoms in total. The van der Waals surface area contributed by atoms with Crippen LogP contribution in [0.2, 0.25) is 0 Å². The van der Waals surface area contributed by atoms with Crippen LogP contribution in [0.5, 0.6) is 0 Å². The van der Waals surface area contributed by atoms with E-state index in [1.807, 2.05) is 6.07 Å². The van der Waals surface area contributed by atoms with Crippen molar-refractivity contribution in [2.75, 3.05) is 5.75 Å². The van der Waals surface area contributed by atoms with Crippen molar-refractivity contribution >= 4 is 22.8 Å². The minimum Gasteiger partial charge on any atom is -0.481 e. The second-order valence-electron chi connectivity index (χ2n) is 4.83. The highest BCUT2D eigenvalue weighted by Gasteiger charge is 2.20. The molecule has 1 N–H and O–H groups in total. The minimum atomic E-state index is -0.960. The van der Waals surface area contributed by atoms with Gasteiger partial charge in [-0.1, -0.05) is 54.2 Å². The van der Waals surface area contributed by atoms with Gasteiger partial charge in [0.15, 0.2) is 0 Å². The van der Waals surface area contributed by atoms with Crippen molar-refractivity contribution < 1.29 is 19.1 Å². The highest BCUT2D eigenvalue weighted by atomic mass is 32.2. The van der Waals surface area contributed by atoms with Crippen molar-refractivity contribution in [2.24, 2.45) is 5.92 Å². The number of benzene rings is 2. The molecule has 5 heteroatoms. The summed E-state index contributed by atoms with van der Waals surface area (Å²) in [5.41, 5.74) is 1.29. The third-order valence-corrected chi connectivity index (χ3v) is 4.24. The summed E-state index contributed by atoms with van der Waals surface area (Å²) in [6, 6.07) is 14.5. The lowest BCUT2D eigenvalue weighted by molar-refractivity contribution is -0.140. The average Bonchev–Trinajstić information content (AvgIpc) is 2.53. The Morgan fingerprint density at radius 2 is 1.68 bits per heavy atom. The third-order valence-electron chi connectivity index (χ3n) is 3.17. The van der Waals surface area contributed by atoms with Crippen LogP contribution in [-0.2, 0) is 11.2 Å². The van der Waals surface area contributed by atoms with Crippen LogP contribution in [0.4, 0.5) is 4.39 Å². The first kappa shape index (κ1) is 16.2. The van der Waals surface area contributed by atoms with E-state index >= 15 is 0 Å². The molecule has 0 spiro atoms. The summed E-state index contributed by atoms with van der Waals surface area (Å²) >= 11 is 0.995. The van der Waals surface area contributed by atoms with Crippen LogP contribution in [0.25, 0.3) is 0 Å². The van der Waals surface area contributed by atoms with E-state index in [-0.39, 0.29) is 23.1 Å². The molecule has 0 amide bonds. The highest BCUT2D eigenvalue weighted by molar-refractivity contribution is 8.14. The molecule has 0 bridgehead atoms. The maximum atomic E-state index is 12.9. The van der Waals surface area contributed by atoms with Crippen LogP contribution >= 0.6 is 11.8 Å². The molecule has 22 heavy (non-hydrogen) atoms. The number of thioether (sulfide) groups is 1. The van der Waals surface area contributed by atoms with Crippen LogP contribution in [0.3, 0.4) is 0 Å². The molecule has 2 aromatic rings. The summed E-state index contributed by atoms with van der Waals surface area (Å²) in [7, 11) is 0. The molecule has 2 aromatic carbocycles. The number of aliphatic carboxylic acids is 1. The molecule has 0 saturated heterocycles.